The molecule has 0 spiro atoms. The van der Waals surface area contributed by atoms with Crippen LogP contribution < -0.4 is 4.90 Å². The Hall–Kier alpha value is -1.94. The Morgan fingerprint density at radius 1 is 1.20 bits per heavy atom. The van der Waals surface area contributed by atoms with Crippen LogP contribution in [0.1, 0.15) is 29.6 Å². The van der Waals surface area contributed by atoms with Crippen LogP contribution in [0.3, 0.4) is 0 Å². The lowest BCUT2D eigenvalue weighted by Crippen LogP contribution is -2.24. The predicted molar refractivity (Wildman–Crippen MR) is 80.6 cm³/mol. The van der Waals surface area contributed by atoms with Gasteiger partial charge in [-0.1, -0.05) is 6.07 Å². The van der Waals surface area contributed by atoms with Crippen LogP contribution in [-0.4, -0.2) is 21.6 Å². The van der Waals surface area contributed by atoms with Gasteiger partial charge in [-0.25, -0.2) is 0 Å². The predicted octanol–water partition coefficient (Wildman–Crippen LogP) is 2.61. The van der Waals surface area contributed by atoms with Crippen molar-refractivity contribution in [3.63, 3.8) is 0 Å². The smallest absolute Gasteiger partial charge is 0.0717 e. The molecule has 0 amide bonds. The molecule has 4 heteroatoms. The van der Waals surface area contributed by atoms with E-state index in [-0.39, 0.29) is 6.61 Å². The van der Waals surface area contributed by atoms with Gasteiger partial charge in [0, 0.05) is 35.4 Å². The van der Waals surface area contributed by atoms with Gasteiger partial charge in [-0.3, -0.25) is 9.97 Å². The van der Waals surface area contributed by atoms with Crippen LogP contribution in [0, 0.1) is 13.8 Å². The van der Waals surface area contributed by atoms with Gasteiger partial charge in [-0.2, -0.15) is 0 Å². The molecule has 0 atom stereocenters. The largest absolute Gasteiger partial charge is 0.392 e. The number of aryl methyl sites for hydroxylation is 2. The minimum atomic E-state index is 0.000357. The first-order valence-corrected chi connectivity index (χ1v) is 6.88. The standard InChI is InChI=1S/C16H21N3O/c1-4-19(10-15-7-5-6-12(2)18-15)16-8-13(3)17-9-14(16)11-20/h5-9,20H,4,10-11H2,1-3H3. The van der Waals surface area contributed by atoms with E-state index in [1.54, 1.807) is 6.20 Å². The topological polar surface area (TPSA) is 49.2 Å². The Balaban J connectivity index is 2.30. The third kappa shape index (κ3) is 3.33. The van der Waals surface area contributed by atoms with Crippen molar-refractivity contribution >= 4 is 5.69 Å². The molecule has 2 aromatic heterocycles. The van der Waals surface area contributed by atoms with Crippen LogP contribution >= 0.6 is 0 Å². The summed E-state index contributed by atoms with van der Waals surface area (Å²) in [6, 6.07) is 8.07. The normalized spacial score (nSPS) is 10.6. The lowest BCUT2D eigenvalue weighted by Gasteiger charge is -2.25. The molecule has 0 aliphatic rings. The minimum Gasteiger partial charge on any atom is -0.392 e. The number of hydrogen-bond acceptors (Lipinski definition) is 4. The molecule has 0 saturated heterocycles. The molecule has 0 unspecified atom stereocenters. The molecule has 2 heterocycles. The first-order valence-electron chi connectivity index (χ1n) is 6.88. The van der Waals surface area contributed by atoms with Crippen LogP contribution in [0.5, 0.6) is 0 Å². The van der Waals surface area contributed by atoms with Crippen LogP contribution in [0.15, 0.2) is 30.5 Å². The second kappa shape index (κ2) is 6.48. The molecule has 4 nitrogen and oxygen atoms in total. The van der Waals surface area contributed by atoms with Gasteiger partial charge in [0.2, 0.25) is 0 Å². The molecule has 0 saturated carbocycles. The van der Waals surface area contributed by atoms with Crippen LogP contribution in [0.4, 0.5) is 5.69 Å². The summed E-state index contributed by atoms with van der Waals surface area (Å²) in [5.74, 6) is 0. The van der Waals surface area contributed by atoms with E-state index in [1.807, 2.05) is 38.1 Å². The Bertz CT molecular complexity index is 584. The zero-order valence-electron chi connectivity index (χ0n) is 12.3. The maximum absolute atomic E-state index is 9.48. The fraction of sp³-hybridized carbons (Fsp3) is 0.375. The van der Waals surface area contributed by atoms with Crippen molar-refractivity contribution < 1.29 is 5.11 Å². The summed E-state index contributed by atoms with van der Waals surface area (Å²) in [6.07, 6.45) is 1.75. The van der Waals surface area contributed by atoms with Crippen molar-refractivity contribution in [2.24, 2.45) is 0 Å². The number of anilines is 1. The number of nitrogens with zero attached hydrogens (tertiary/aromatic N) is 3. The molecule has 0 fully saturated rings. The van der Waals surface area contributed by atoms with E-state index in [0.29, 0.717) is 0 Å². The Labute approximate surface area is 120 Å². The van der Waals surface area contributed by atoms with Gasteiger partial charge in [0.05, 0.1) is 18.8 Å². The van der Waals surface area contributed by atoms with Gasteiger partial charge in [-0.05, 0) is 39.0 Å². The molecule has 0 radical (unpaired) electrons. The maximum Gasteiger partial charge on any atom is 0.0717 e. The number of aliphatic hydroxyl groups is 1. The van der Waals surface area contributed by atoms with Crippen molar-refractivity contribution in [3.8, 4) is 0 Å². The highest BCUT2D eigenvalue weighted by Gasteiger charge is 2.11. The van der Waals surface area contributed by atoms with Gasteiger partial charge >= 0.3 is 0 Å². The lowest BCUT2D eigenvalue weighted by molar-refractivity contribution is 0.281. The summed E-state index contributed by atoms with van der Waals surface area (Å²) >= 11 is 0. The van der Waals surface area contributed by atoms with E-state index in [4.69, 9.17) is 0 Å². The average molecular weight is 271 g/mol. The number of hydrogen-bond donors (Lipinski definition) is 1. The molecular weight excluding hydrogens is 250 g/mol. The van der Waals surface area contributed by atoms with E-state index in [9.17, 15) is 5.11 Å². The molecule has 106 valence electrons. The molecule has 0 aromatic carbocycles. The van der Waals surface area contributed by atoms with Crippen LogP contribution in [0.25, 0.3) is 0 Å². The zero-order valence-corrected chi connectivity index (χ0v) is 12.3. The molecule has 1 N–H and O–H groups in total. The van der Waals surface area contributed by atoms with E-state index in [1.165, 1.54) is 0 Å². The second-order valence-electron chi connectivity index (χ2n) is 4.90. The minimum absolute atomic E-state index is 0.000357. The lowest BCUT2D eigenvalue weighted by atomic mass is 10.2. The molecule has 20 heavy (non-hydrogen) atoms. The molecular formula is C16H21N3O. The van der Waals surface area contributed by atoms with Crippen molar-refractivity contribution in [2.45, 2.75) is 33.9 Å². The van der Waals surface area contributed by atoms with Gasteiger partial charge in [-0.15, -0.1) is 0 Å². The first kappa shape index (κ1) is 14.5. The Kier molecular flexibility index (Phi) is 4.69. The van der Waals surface area contributed by atoms with Crippen molar-refractivity contribution in [3.05, 3.63) is 53.1 Å². The fourth-order valence-corrected chi connectivity index (χ4v) is 2.24. The van der Waals surface area contributed by atoms with Crippen molar-refractivity contribution in [2.75, 3.05) is 11.4 Å². The summed E-state index contributed by atoms with van der Waals surface area (Å²) in [7, 11) is 0. The van der Waals surface area contributed by atoms with E-state index in [0.717, 1.165) is 41.4 Å². The van der Waals surface area contributed by atoms with E-state index in [2.05, 4.69) is 21.8 Å². The Morgan fingerprint density at radius 3 is 2.65 bits per heavy atom. The van der Waals surface area contributed by atoms with Gasteiger partial charge in [0.1, 0.15) is 0 Å². The first-order chi connectivity index (χ1) is 9.63. The van der Waals surface area contributed by atoms with Crippen LogP contribution in [-0.2, 0) is 13.2 Å². The quantitative estimate of drug-likeness (QED) is 0.908. The second-order valence-corrected chi connectivity index (χ2v) is 4.90. The number of aliphatic hydroxyl groups excluding tert-OH is 1. The summed E-state index contributed by atoms with van der Waals surface area (Å²) < 4.78 is 0. The SMILES string of the molecule is CCN(Cc1cccc(C)n1)c1cc(C)ncc1CO. The maximum atomic E-state index is 9.48. The van der Waals surface area contributed by atoms with Gasteiger partial charge < -0.3 is 10.0 Å². The third-order valence-electron chi connectivity index (χ3n) is 3.29. The van der Waals surface area contributed by atoms with Crippen molar-refractivity contribution in [1.82, 2.24) is 9.97 Å². The third-order valence-corrected chi connectivity index (χ3v) is 3.29. The summed E-state index contributed by atoms with van der Waals surface area (Å²) in [6.45, 7) is 7.65. The Morgan fingerprint density at radius 2 is 2.00 bits per heavy atom. The molecule has 2 rings (SSSR count). The highest BCUT2D eigenvalue weighted by Crippen LogP contribution is 2.22. The fourth-order valence-electron chi connectivity index (χ4n) is 2.24. The summed E-state index contributed by atoms with van der Waals surface area (Å²) in [5, 5.41) is 9.48. The molecule has 2 aromatic rings. The number of aromatic nitrogens is 2. The molecule has 0 bridgehead atoms. The molecule has 0 aliphatic carbocycles. The number of rotatable bonds is 5. The zero-order chi connectivity index (χ0) is 14.5. The summed E-state index contributed by atoms with van der Waals surface area (Å²) in [5.41, 5.74) is 4.89. The molecule has 0 aliphatic heterocycles. The van der Waals surface area contributed by atoms with Crippen LogP contribution in [0.2, 0.25) is 0 Å². The summed E-state index contributed by atoms with van der Waals surface area (Å²) in [4.78, 5) is 11.0. The van der Waals surface area contributed by atoms with Gasteiger partial charge in [0.15, 0.2) is 0 Å². The van der Waals surface area contributed by atoms with Gasteiger partial charge in [0.25, 0.3) is 0 Å². The number of pyridine rings is 2. The highest BCUT2D eigenvalue weighted by molar-refractivity contribution is 5.53. The highest BCUT2D eigenvalue weighted by atomic mass is 16.3. The van der Waals surface area contributed by atoms with E-state index >= 15 is 0 Å². The van der Waals surface area contributed by atoms with E-state index < -0.39 is 0 Å². The monoisotopic (exact) mass is 271 g/mol. The average Bonchev–Trinajstić information content (AvgIpc) is 2.45. The van der Waals surface area contributed by atoms with Crippen molar-refractivity contribution in [1.29, 1.82) is 0 Å².